The third kappa shape index (κ3) is 3.02. The summed E-state index contributed by atoms with van der Waals surface area (Å²) in [4.78, 5) is 0. The quantitative estimate of drug-likeness (QED) is 0.869. The highest BCUT2D eigenvalue weighted by atomic mass is 19.1. The van der Waals surface area contributed by atoms with Crippen LogP contribution in [0.2, 0.25) is 0 Å². The maximum absolute atomic E-state index is 13.1. The Morgan fingerprint density at radius 3 is 2.74 bits per heavy atom. The zero-order valence-corrected chi connectivity index (χ0v) is 11.1. The number of nitrogens with one attached hydrogen (secondary N) is 1. The lowest BCUT2D eigenvalue weighted by Gasteiger charge is -2.09. The predicted octanol–water partition coefficient (Wildman–Crippen LogP) is 4.05. The van der Waals surface area contributed by atoms with Crippen LogP contribution in [0.4, 0.5) is 4.39 Å². The smallest absolute Gasteiger partial charge is 0.123 e. The maximum Gasteiger partial charge on any atom is 0.123 e. The molecule has 1 saturated carbocycles. The molecule has 2 heteroatoms. The van der Waals surface area contributed by atoms with Crippen LogP contribution in [0.5, 0.6) is 0 Å². The second kappa shape index (κ2) is 5.14. The van der Waals surface area contributed by atoms with E-state index in [9.17, 15) is 4.39 Å². The van der Waals surface area contributed by atoms with Crippen molar-refractivity contribution in [1.29, 1.82) is 0 Å². The molecular formula is C17H18FN. The van der Waals surface area contributed by atoms with Crippen molar-refractivity contribution in [2.75, 3.05) is 0 Å². The van der Waals surface area contributed by atoms with Gasteiger partial charge in [-0.1, -0.05) is 24.3 Å². The number of rotatable bonds is 4. The van der Waals surface area contributed by atoms with Crippen LogP contribution in [-0.4, -0.2) is 6.04 Å². The van der Waals surface area contributed by atoms with Gasteiger partial charge in [-0.25, -0.2) is 4.39 Å². The highest BCUT2D eigenvalue weighted by molar-refractivity contribution is 5.67. The van der Waals surface area contributed by atoms with Crippen LogP contribution in [-0.2, 0) is 6.54 Å². The highest BCUT2D eigenvalue weighted by Crippen LogP contribution is 2.25. The Labute approximate surface area is 113 Å². The van der Waals surface area contributed by atoms with Crippen molar-refractivity contribution >= 4 is 0 Å². The Kier molecular flexibility index (Phi) is 3.34. The van der Waals surface area contributed by atoms with Crippen molar-refractivity contribution in [2.45, 2.75) is 32.4 Å². The minimum atomic E-state index is -0.173. The summed E-state index contributed by atoms with van der Waals surface area (Å²) in [5.41, 5.74) is 4.53. The number of benzene rings is 2. The molecular weight excluding hydrogens is 237 g/mol. The van der Waals surface area contributed by atoms with Gasteiger partial charge in [-0.15, -0.1) is 0 Å². The van der Waals surface area contributed by atoms with Crippen molar-refractivity contribution in [1.82, 2.24) is 5.32 Å². The molecule has 1 aliphatic rings. The Bertz CT molecular complexity index is 588. The van der Waals surface area contributed by atoms with Gasteiger partial charge in [0.25, 0.3) is 0 Å². The molecule has 0 amide bonds. The number of aryl methyl sites for hydroxylation is 1. The van der Waals surface area contributed by atoms with E-state index in [0.29, 0.717) is 0 Å². The lowest BCUT2D eigenvalue weighted by molar-refractivity contribution is 0.627. The fourth-order valence-corrected chi connectivity index (χ4v) is 2.35. The molecule has 0 aromatic heterocycles. The first-order valence-corrected chi connectivity index (χ1v) is 6.81. The second-order valence-electron chi connectivity index (χ2n) is 5.31. The molecule has 2 aromatic rings. The summed E-state index contributed by atoms with van der Waals surface area (Å²) in [6.07, 6.45) is 2.60. The van der Waals surface area contributed by atoms with Crippen molar-refractivity contribution in [3.63, 3.8) is 0 Å². The van der Waals surface area contributed by atoms with Crippen LogP contribution < -0.4 is 5.32 Å². The van der Waals surface area contributed by atoms with E-state index in [1.807, 2.05) is 13.0 Å². The zero-order chi connectivity index (χ0) is 13.2. The van der Waals surface area contributed by atoms with Gasteiger partial charge in [0.1, 0.15) is 5.82 Å². The first-order valence-electron chi connectivity index (χ1n) is 6.81. The average Bonchev–Trinajstić information content (AvgIpc) is 3.21. The van der Waals surface area contributed by atoms with E-state index < -0.39 is 0 Å². The van der Waals surface area contributed by atoms with Crippen molar-refractivity contribution in [2.24, 2.45) is 0 Å². The Morgan fingerprint density at radius 2 is 2.00 bits per heavy atom. The molecule has 0 heterocycles. The van der Waals surface area contributed by atoms with Crippen LogP contribution in [0.15, 0.2) is 42.5 Å². The second-order valence-corrected chi connectivity index (χ2v) is 5.31. The van der Waals surface area contributed by atoms with Gasteiger partial charge >= 0.3 is 0 Å². The van der Waals surface area contributed by atoms with E-state index in [1.54, 1.807) is 6.07 Å². The Balaban J connectivity index is 1.84. The summed E-state index contributed by atoms with van der Waals surface area (Å²) in [6.45, 7) is 2.87. The first kappa shape index (κ1) is 12.4. The van der Waals surface area contributed by atoms with Gasteiger partial charge < -0.3 is 5.32 Å². The topological polar surface area (TPSA) is 12.0 Å². The highest BCUT2D eigenvalue weighted by Gasteiger charge is 2.19. The van der Waals surface area contributed by atoms with E-state index >= 15 is 0 Å². The van der Waals surface area contributed by atoms with Crippen LogP contribution in [0.3, 0.4) is 0 Å². The maximum atomic E-state index is 13.1. The minimum absolute atomic E-state index is 0.173. The van der Waals surface area contributed by atoms with Crippen LogP contribution >= 0.6 is 0 Å². The SMILES string of the molecule is Cc1cc(F)ccc1-c1cccc(CNC2CC2)c1. The summed E-state index contributed by atoms with van der Waals surface area (Å²) >= 11 is 0. The van der Waals surface area contributed by atoms with E-state index in [2.05, 4.69) is 29.6 Å². The summed E-state index contributed by atoms with van der Waals surface area (Å²) in [7, 11) is 0. The monoisotopic (exact) mass is 255 g/mol. The van der Waals surface area contributed by atoms with E-state index in [1.165, 1.54) is 24.5 Å². The number of halogens is 1. The fourth-order valence-electron chi connectivity index (χ4n) is 2.35. The standard InChI is InChI=1S/C17H18FN/c1-12-9-15(18)5-8-17(12)14-4-2-3-13(10-14)11-19-16-6-7-16/h2-5,8-10,16,19H,6-7,11H2,1H3. The van der Waals surface area contributed by atoms with Gasteiger partial charge in [-0.3, -0.25) is 0 Å². The number of hydrogen-bond donors (Lipinski definition) is 1. The molecule has 1 fully saturated rings. The van der Waals surface area contributed by atoms with Gasteiger partial charge in [-0.2, -0.15) is 0 Å². The van der Waals surface area contributed by atoms with Crippen molar-refractivity contribution in [3.8, 4) is 11.1 Å². The van der Waals surface area contributed by atoms with Crippen LogP contribution in [0, 0.1) is 12.7 Å². The van der Waals surface area contributed by atoms with E-state index in [-0.39, 0.29) is 5.82 Å². The number of hydrogen-bond acceptors (Lipinski definition) is 1. The molecule has 0 bridgehead atoms. The minimum Gasteiger partial charge on any atom is -0.310 e. The Hall–Kier alpha value is -1.67. The molecule has 0 atom stereocenters. The van der Waals surface area contributed by atoms with E-state index in [0.717, 1.165) is 29.3 Å². The summed E-state index contributed by atoms with van der Waals surface area (Å²) in [6, 6.07) is 14.2. The van der Waals surface area contributed by atoms with Gasteiger partial charge in [-0.05, 0) is 60.2 Å². The van der Waals surface area contributed by atoms with Gasteiger partial charge in [0.15, 0.2) is 0 Å². The normalized spacial score (nSPS) is 14.6. The molecule has 1 aliphatic carbocycles. The lowest BCUT2D eigenvalue weighted by atomic mass is 9.99. The Morgan fingerprint density at radius 1 is 1.16 bits per heavy atom. The van der Waals surface area contributed by atoms with Gasteiger partial charge in [0.2, 0.25) is 0 Å². The molecule has 0 unspecified atom stereocenters. The van der Waals surface area contributed by atoms with Gasteiger partial charge in [0, 0.05) is 12.6 Å². The zero-order valence-electron chi connectivity index (χ0n) is 11.1. The molecule has 0 radical (unpaired) electrons. The predicted molar refractivity (Wildman–Crippen MR) is 76.4 cm³/mol. The molecule has 0 aliphatic heterocycles. The van der Waals surface area contributed by atoms with Crippen LogP contribution in [0.1, 0.15) is 24.0 Å². The summed E-state index contributed by atoms with van der Waals surface area (Å²) < 4.78 is 13.1. The molecule has 2 aromatic carbocycles. The van der Waals surface area contributed by atoms with Crippen molar-refractivity contribution < 1.29 is 4.39 Å². The molecule has 98 valence electrons. The third-order valence-electron chi connectivity index (χ3n) is 3.60. The molecule has 0 saturated heterocycles. The summed E-state index contributed by atoms with van der Waals surface area (Å²) in [5, 5.41) is 3.52. The van der Waals surface area contributed by atoms with Crippen LogP contribution in [0.25, 0.3) is 11.1 Å². The van der Waals surface area contributed by atoms with Gasteiger partial charge in [0.05, 0.1) is 0 Å². The van der Waals surface area contributed by atoms with Crippen molar-refractivity contribution in [3.05, 3.63) is 59.4 Å². The van der Waals surface area contributed by atoms with E-state index in [4.69, 9.17) is 0 Å². The summed E-state index contributed by atoms with van der Waals surface area (Å²) in [5.74, 6) is -0.173. The molecule has 1 N–H and O–H groups in total. The first-order chi connectivity index (χ1) is 9.22. The average molecular weight is 255 g/mol. The fraction of sp³-hybridized carbons (Fsp3) is 0.294. The lowest BCUT2D eigenvalue weighted by Crippen LogP contribution is -2.15. The third-order valence-corrected chi connectivity index (χ3v) is 3.60. The molecule has 3 rings (SSSR count). The molecule has 1 nitrogen and oxygen atoms in total. The molecule has 19 heavy (non-hydrogen) atoms. The molecule has 0 spiro atoms. The largest absolute Gasteiger partial charge is 0.310 e.